The number of carboxylic acids is 1. The smallest absolute Gasteiger partial charge is 0.481 e. The lowest BCUT2D eigenvalue weighted by Crippen LogP contribution is -2.18. The summed E-state index contributed by atoms with van der Waals surface area (Å²) < 4.78 is 40.6. The molecular formula is C20H20F3NO5S. The van der Waals surface area contributed by atoms with Gasteiger partial charge in [-0.2, -0.15) is 0 Å². The normalized spacial score (nSPS) is 12.3. The molecule has 0 saturated heterocycles. The Morgan fingerprint density at radius 2 is 1.80 bits per heavy atom. The van der Waals surface area contributed by atoms with Crippen molar-refractivity contribution in [2.45, 2.75) is 39.5 Å². The van der Waals surface area contributed by atoms with Gasteiger partial charge in [0.05, 0.1) is 5.56 Å². The highest BCUT2D eigenvalue weighted by atomic mass is 32.1. The molecule has 0 radical (unpaired) electrons. The summed E-state index contributed by atoms with van der Waals surface area (Å²) >= 11 is 1.22. The second-order valence-corrected chi connectivity index (χ2v) is 7.80. The van der Waals surface area contributed by atoms with E-state index in [2.05, 4.69) is 10.1 Å². The van der Waals surface area contributed by atoms with Crippen LogP contribution < -0.4 is 10.1 Å². The number of anilines is 1. The molecule has 1 aromatic heterocycles. The number of alkyl halides is 3. The highest BCUT2D eigenvalue weighted by molar-refractivity contribution is 7.16. The van der Waals surface area contributed by atoms with Crippen LogP contribution in [0, 0.1) is 5.92 Å². The number of thiophene rings is 1. The minimum atomic E-state index is -4.83. The molecule has 0 aliphatic heterocycles. The Balaban J connectivity index is 2.18. The molecule has 0 fully saturated rings. The predicted molar refractivity (Wildman–Crippen MR) is 105 cm³/mol. The largest absolute Gasteiger partial charge is 0.573 e. The Morgan fingerprint density at radius 3 is 2.33 bits per heavy atom. The van der Waals surface area contributed by atoms with Gasteiger partial charge < -0.3 is 15.2 Å². The number of carboxylic acid groups (broad SMARTS) is 1. The number of carbonyl (C=O) groups is 3. The van der Waals surface area contributed by atoms with Crippen molar-refractivity contribution in [2.75, 3.05) is 5.32 Å². The fourth-order valence-electron chi connectivity index (χ4n) is 2.71. The fourth-order valence-corrected chi connectivity index (χ4v) is 3.72. The minimum Gasteiger partial charge on any atom is -0.481 e. The number of ketones is 1. The van der Waals surface area contributed by atoms with Crippen LogP contribution in [0.2, 0.25) is 0 Å². The van der Waals surface area contributed by atoms with Crippen molar-refractivity contribution in [2.24, 2.45) is 5.92 Å². The molecule has 6 nitrogen and oxygen atoms in total. The van der Waals surface area contributed by atoms with Crippen molar-refractivity contribution < 1.29 is 37.4 Å². The lowest BCUT2D eigenvalue weighted by molar-refractivity contribution is -0.274. The van der Waals surface area contributed by atoms with Gasteiger partial charge in [0.1, 0.15) is 10.8 Å². The molecule has 1 aromatic carbocycles. The van der Waals surface area contributed by atoms with Gasteiger partial charge in [0.25, 0.3) is 0 Å². The number of aliphatic carboxylic acids is 1. The molecule has 0 aliphatic carbocycles. The van der Waals surface area contributed by atoms with Gasteiger partial charge >= 0.3 is 12.3 Å². The summed E-state index contributed by atoms with van der Waals surface area (Å²) in [5.74, 6) is -2.71. The number of nitrogens with one attached hydrogen (secondary N) is 1. The third-order valence-electron chi connectivity index (χ3n) is 4.04. The van der Waals surface area contributed by atoms with Gasteiger partial charge in [-0.15, -0.1) is 24.5 Å². The van der Waals surface area contributed by atoms with E-state index in [4.69, 9.17) is 5.11 Å². The Morgan fingerprint density at radius 1 is 1.17 bits per heavy atom. The molecule has 2 aromatic rings. The molecule has 1 heterocycles. The minimum absolute atomic E-state index is 0.0250. The van der Waals surface area contributed by atoms with Gasteiger partial charge in [0.15, 0.2) is 5.78 Å². The second-order valence-electron chi connectivity index (χ2n) is 6.67. The zero-order valence-electron chi connectivity index (χ0n) is 16.2. The van der Waals surface area contributed by atoms with Crippen LogP contribution in [0.25, 0.3) is 0 Å². The van der Waals surface area contributed by atoms with Crippen LogP contribution in [-0.2, 0) is 16.0 Å². The van der Waals surface area contributed by atoms with Crippen LogP contribution in [0.15, 0.2) is 30.3 Å². The molecule has 2 N–H and O–H groups in total. The Kier molecular flexibility index (Phi) is 7.60. The maximum absolute atomic E-state index is 12.9. The number of hydrogen-bond acceptors (Lipinski definition) is 5. The van der Waals surface area contributed by atoms with E-state index in [1.54, 1.807) is 13.0 Å². The zero-order valence-corrected chi connectivity index (χ0v) is 17.0. The van der Waals surface area contributed by atoms with Crippen molar-refractivity contribution in [1.82, 2.24) is 0 Å². The third-order valence-corrected chi connectivity index (χ3v) is 5.23. The molecule has 1 unspecified atom stereocenters. The van der Waals surface area contributed by atoms with Gasteiger partial charge in [-0.05, 0) is 42.7 Å². The molecule has 0 saturated carbocycles. The number of hydrogen-bond donors (Lipinski definition) is 2. The van der Waals surface area contributed by atoms with E-state index in [1.807, 2.05) is 6.92 Å². The number of rotatable bonds is 9. The fraction of sp³-hybridized carbons (Fsp3) is 0.350. The first-order chi connectivity index (χ1) is 14.0. The molecular weight excluding hydrogens is 423 g/mol. The number of halogens is 3. The lowest BCUT2D eigenvalue weighted by Gasteiger charge is -2.10. The van der Waals surface area contributed by atoms with Crippen LogP contribution in [0.1, 0.15) is 47.5 Å². The summed E-state index contributed by atoms with van der Waals surface area (Å²) in [6.45, 7) is 3.51. The van der Waals surface area contributed by atoms with E-state index in [-0.39, 0.29) is 29.9 Å². The average Bonchev–Trinajstić information content (AvgIpc) is 3.02. The number of ether oxygens (including phenoxy) is 1. The second kappa shape index (κ2) is 9.75. The summed E-state index contributed by atoms with van der Waals surface area (Å²) in [5, 5.41) is 11.8. The first kappa shape index (κ1) is 23.4. The SMILES string of the molecule is CCc1cc(C(=O)c2ccc(OC(F)(F)F)cc2)c(NC(=O)CC(C)CC(=O)O)s1. The highest BCUT2D eigenvalue weighted by Gasteiger charge is 2.31. The highest BCUT2D eigenvalue weighted by Crippen LogP contribution is 2.32. The number of aryl methyl sites for hydroxylation is 1. The van der Waals surface area contributed by atoms with E-state index < -0.39 is 29.8 Å². The topological polar surface area (TPSA) is 92.7 Å². The summed E-state index contributed by atoms with van der Waals surface area (Å²) in [6, 6.07) is 6.14. The number of carbonyl (C=O) groups excluding carboxylic acids is 2. The molecule has 0 bridgehead atoms. The summed E-state index contributed by atoms with van der Waals surface area (Å²) in [4.78, 5) is 36.7. The zero-order chi connectivity index (χ0) is 22.5. The van der Waals surface area contributed by atoms with Crippen molar-refractivity contribution in [3.63, 3.8) is 0 Å². The number of amides is 1. The quantitative estimate of drug-likeness (QED) is 0.539. The van der Waals surface area contributed by atoms with Crippen LogP contribution in [-0.4, -0.2) is 29.1 Å². The van der Waals surface area contributed by atoms with E-state index in [1.165, 1.54) is 23.5 Å². The van der Waals surface area contributed by atoms with Gasteiger partial charge in [0.2, 0.25) is 5.91 Å². The average molecular weight is 443 g/mol. The molecule has 10 heteroatoms. The molecule has 30 heavy (non-hydrogen) atoms. The molecule has 0 aliphatic rings. The molecule has 2 rings (SSSR count). The van der Waals surface area contributed by atoms with Crippen molar-refractivity contribution in [1.29, 1.82) is 0 Å². The standard InChI is InChI=1S/C20H20F3NO5S/c1-3-14-10-15(19(30-14)24-16(25)8-11(2)9-17(26)27)18(28)12-4-6-13(7-5-12)29-20(21,22)23/h4-7,10-11H,3,8-9H2,1-2H3,(H,24,25)(H,26,27). The van der Waals surface area contributed by atoms with E-state index in [0.29, 0.717) is 11.4 Å². The lowest BCUT2D eigenvalue weighted by atomic mass is 10.0. The van der Waals surface area contributed by atoms with E-state index in [9.17, 15) is 27.6 Å². The predicted octanol–water partition coefficient (Wildman–Crippen LogP) is 4.88. The van der Waals surface area contributed by atoms with Crippen LogP contribution >= 0.6 is 11.3 Å². The van der Waals surface area contributed by atoms with Crippen LogP contribution in [0.5, 0.6) is 5.75 Å². The molecule has 1 amide bonds. The summed E-state index contributed by atoms with van der Waals surface area (Å²) in [5.41, 5.74) is 0.361. The first-order valence-electron chi connectivity index (χ1n) is 9.03. The number of benzene rings is 1. The summed E-state index contributed by atoms with van der Waals surface area (Å²) in [7, 11) is 0. The van der Waals surface area contributed by atoms with Crippen molar-refractivity contribution in [3.05, 3.63) is 46.3 Å². The van der Waals surface area contributed by atoms with Crippen LogP contribution in [0.4, 0.5) is 18.2 Å². The third kappa shape index (κ3) is 6.87. The molecule has 0 spiro atoms. The van der Waals surface area contributed by atoms with Crippen molar-refractivity contribution in [3.8, 4) is 5.75 Å². The first-order valence-corrected chi connectivity index (χ1v) is 9.85. The maximum Gasteiger partial charge on any atom is 0.573 e. The van der Waals surface area contributed by atoms with Crippen molar-refractivity contribution >= 4 is 34.0 Å². The van der Waals surface area contributed by atoms with Gasteiger partial charge in [-0.25, -0.2) is 0 Å². The van der Waals surface area contributed by atoms with E-state index >= 15 is 0 Å². The van der Waals surface area contributed by atoms with Gasteiger partial charge in [-0.1, -0.05) is 13.8 Å². The Hall–Kier alpha value is -2.88. The molecule has 162 valence electrons. The molecule has 1 atom stereocenters. The van der Waals surface area contributed by atoms with E-state index in [0.717, 1.165) is 17.0 Å². The van der Waals surface area contributed by atoms with Crippen LogP contribution in [0.3, 0.4) is 0 Å². The monoisotopic (exact) mass is 443 g/mol. The summed E-state index contributed by atoms with van der Waals surface area (Å²) in [6.07, 6.45) is -4.39. The Bertz CT molecular complexity index is 922. The van der Waals surface area contributed by atoms with Gasteiger partial charge in [-0.3, -0.25) is 14.4 Å². The van der Waals surface area contributed by atoms with Gasteiger partial charge in [0, 0.05) is 23.3 Å². The maximum atomic E-state index is 12.9. The Labute approximate surface area is 174 Å².